The molecule has 3 N–H and O–H groups in total. The Hall–Kier alpha value is -0.120. The maximum atomic E-state index is 10.0. The molecule has 2 bridgehead atoms. The summed E-state index contributed by atoms with van der Waals surface area (Å²) in [5, 5.41) is 10.0. The number of fused-ring (bicyclic) bond motifs is 2. The molecule has 1 heterocycles. The summed E-state index contributed by atoms with van der Waals surface area (Å²) >= 11 is 0. The lowest BCUT2D eigenvalue weighted by molar-refractivity contribution is -0.0849. The second-order valence-corrected chi connectivity index (χ2v) is 8.23. The smallest absolute Gasteiger partial charge is 0.0489 e. The van der Waals surface area contributed by atoms with Crippen LogP contribution in [0, 0.1) is 22.7 Å². The van der Waals surface area contributed by atoms with E-state index in [-0.39, 0.29) is 18.1 Å². The molecule has 3 rings (SSSR count). The summed E-state index contributed by atoms with van der Waals surface area (Å²) in [5.41, 5.74) is 6.91. The normalized spacial score (nSPS) is 45.1. The van der Waals surface area contributed by atoms with Gasteiger partial charge in [0.2, 0.25) is 0 Å². The van der Waals surface area contributed by atoms with Crippen LogP contribution in [0.3, 0.4) is 0 Å². The Bertz CT molecular complexity index is 369. The molecule has 0 radical (unpaired) electrons. The first-order valence-electron chi connectivity index (χ1n) is 8.50. The summed E-state index contributed by atoms with van der Waals surface area (Å²) in [6.07, 6.45) is 6.54. The molecule has 0 aromatic rings. The third-order valence-corrected chi connectivity index (χ3v) is 7.80. The summed E-state index contributed by atoms with van der Waals surface area (Å²) in [6.45, 7) is 10.7. The van der Waals surface area contributed by atoms with Crippen molar-refractivity contribution >= 4 is 0 Å². The van der Waals surface area contributed by atoms with E-state index in [1.165, 1.54) is 45.2 Å². The zero-order chi connectivity index (χ0) is 14.6. The van der Waals surface area contributed by atoms with E-state index >= 15 is 0 Å². The molecule has 1 aliphatic heterocycles. The van der Waals surface area contributed by atoms with E-state index in [2.05, 4.69) is 25.7 Å². The molecule has 0 amide bonds. The molecular weight excluding hydrogens is 248 g/mol. The topological polar surface area (TPSA) is 49.5 Å². The monoisotopic (exact) mass is 280 g/mol. The Kier molecular flexibility index (Phi) is 3.47. The highest BCUT2D eigenvalue weighted by atomic mass is 16.3. The van der Waals surface area contributed by atoms with Crippen molar-refractivity contribution in [3.8, 4) is 0 Å². The number of aliphatic hydroxyl groups excluding tert-OH is 1. The van der Waals surface area contributed by atoms with Crippen LogP contribution < -0.4 is 5.73 Å². The van der Waals surface area contributed by atoms with Gasteiger partial charge in [-0.2, -0.15) is 0 Å². The number of nitrogens with two attached hydrogens (primary N) is 1. The SMILES string of the molecule is CC1(C)[C@@H]2CC[C@]1(C)[C@@]([C@@H](CN)CO)(N1CCCC1)C2. The second kappa shape index (κ2) is 4.69. The molecule has 3 aliphatic rings. The Morgan fingerprint density at radius 2 is 1.90 bits per heavy atom. The van der Waals surface area contributed by atoms with E-state index in [9.17, 15) is 5.11 Å². The van der Waals surface area contributed by atoms with E-state index in [1.54, 1.807) is 0 Å². The predicted molar refractivity (Wildman–Crippen MR) is 82.4 cm³/mol. The van der Waals surface area contributed by atoms with Crippen LogP contribution in [0.4, 0.5) is 0 Å². The van der Waals surface area contributed by atoms with E-state index in [1.807, 2.05) is 0 Å². The lowest BCUT2D eigenvalue weighted by Crippen LogP contribution is -2.64. The van der Waals surface area contributed by atoms with Gasteiger partial charge in [0.05, 0.1) is 0 Å². The molecule has 3 nitrogen and oxygen atoms in total. The zero-order valence-electron chi connectivity index (χ0n) is 13.5. The van der Waals surface area contributed by atoms with Crippen molar-refractivity contribution in [2.24, 2.45) is 28.4 Å². The summed E-state index contributed by atoms with van der Waals surface area (Å²) < 4.78 is 0. The van der Waals surface area contributed by atoms with Gasteiger partial charge < -0.3 is 10.8 Å². The maximum Gasteiger partial charge on any atom is 0.0489 e. The number of aliphatic hydroxyl groups is 1. The summed E-state index contributed by atoms with van der Waals surface area (Å²) in [6, 6.07) is 0. The van der Waals surface area contributed by atoms with Gasteiger partial charge in [0.25, 0.3) is 0 Å². The Balaban J connectivity index is 2.08. The molecule has 2 aliphatic carbocycles. The minimum atomic E-state index is 0.138. The fourth-order valence-electron chi connectivity index (χ4n) is 6.22. The van der Waals surface area contributed by atoms with Gasteiger partial charge in [-0.3, -0.25) is 4.90 Å². The Labute approximate surface area is 123 Å². The molecule has 3 fully saturated rings. The van der Waals surface area contributed by atoms with E-state index in [0.29, 0.717) is 17.4 Å². The highest BCUT2D eigenvalue weighted by Crippen LogP contribution is 2.73. The predicted octanol–water partition coefficient (Wildman–Crippen LogP) is 2.23. The number of rotatable bonds is 4. The third-order valence-electron chi connectivity index (χ3n) is 7.80. The quantitative estimate of drug-likeness (QED) is 0.830. The van der Waals surface area contributed by atoms with Crippen LogP contribution in [-0.2, 0) is 0 Å². The van der Waals surface area contributed by atoms with Crippen LogP contribution in [0.5, 0.6) is 0 Å². The van der Waals surface area contributed by atoms with Gasteiger partial charge in [0, 0.05) is 18.1 Å². The minimum Gasteiger partial charge on any atom is -0.396 e. The average molecular weight is 280 g/mol. The number of nitrogens with zero attached hydrogens (tertiary/aromatic N) is 1. The molecule has 116 valence electrons. The maximum absolute atomic E-state index is 10.0. The molecule has 2 saturated carbocycles. The molecule has 0 aromatic carbocycles. The van der Waals surface area contributed by atoms with E-state index in [4.69, 9.17) is 5.73 Å². The van der Waals surface area contributed by atoms with Gasteiger partial charge in [-0.1, -0.05) is 20.8 Å². The Morgan fingerprint density at radius 1 is 1.25 bits per heavy atom. The summed E-state index contributed by atoms with van der Waals surface area (Å²) in [7, 11) is 0. The van der Waals surface area contributed by atoms with Gasteiger partial charge >= 0.3 is 0 Å². The zero-order valence-corrected chi connectivity index (χ0v) is 13.5. The van der Waals surface area contributed by atoms with Crippen molar-refractivity contribution in [1.29, 1.82) is 0 Å². The summed E-state index contributed by atoms with van der Waals surface area (Å²) in [4.78, 5) is 2.72. The van der Waals surface area contributed by atoms with Gasteiger partial charge in [0.1, 0.15) is 0 Å². The molecular formula is C17H32N2O. The van der Waals surface area contributed by atoms with Crippen LogP contribution in [0.2, 0.25) is 0 Å². The Morgan fingerprint density at radius 3 is 2.30 bits per heavy atom. The first-order valence-corrected chi connectivity index (χ1v) is 8.50. The highest BCUT2D eigenvalue weighted by molar-refractivity contribution is 5.24. The minimum absolute atomic E-state index is 0.138. The molecule has 0 unspecified atom stereocenters. The van der Waals surface area contributed by atoms with E-state index in [0.717, 1.165) is 5.92 Å². The fraction of sp³-hybridized carbons (Fsp3) is 1.00. The largest absolute Gasteiger partial charge is 0.396 e. The van der Waals surface area contributed by atoms with Crippen LogP contribution in [0.15, 0.2) is 0 Å². The van der Waals surface area contributed by atoms with Crippen LogP contribution >= 0.6 is 0 Å². The van der Waals surface area contributed by atoms with Crippen molar-refractivity contribution in [1.82, 2.24) is 4.90 Å². The van der Waals surface area contributed by atoms with E-state index < -0.39 is 0 Å². The van der Waals surface area contributed by atoms with Crippen molar-refractivity contribution in [3.63, 3.8) is 0 Å². The number of hydrogen-bond acceptors (Lipinski definition) is 3. The van der Waals surface area contributed by atoms with Crippen LogP contribution in [0.25, 0.3) is 0 Å². The molecule has 20 heavy (non-hydrogen) atoms. The van der Waals surface area contributed by atoms with Gasteiger partial charge in [-0.05, 0) is 68.5 Å². The van der Waals surface area contributed by atoms with Crippen molar-refractivity contribution in [2.75, 3.05) is 26.2 Å². The van der Waals surface area contributed by atoms with Crippen LogP contribution in [0.1, 0.15) is 52.9 Å². The average Bonchev–Trinajstić information content (AvgIpc) is 3.05. The highest BCUT2D eigenvalue weighted by Gasteiger charge is 2.71. The number of likely N-dealkylation sites (tertiary alicyclic amines) is 1. The lowest BCUT2D eigenvalue weighted by Gasteiger charge is -2.57. The molecule has 0 aromatic heterocycles. The summed E-state index contributed by atoms with van der Waals surface area (Å²) in [5.74, 6) is 1.03. The number of hydrogen-bond donors (Lipinski definition) is 2. The fourth-order valence-corrected chi connectivity index (χ4v) is 6.22. The van der Waals surface area contributed by atoms with Crippen LogP contribution in [-0.4, -0.2) is 41.8 Å². The third kappa shape index (κ3) is 1.52. The molecule has 0 spiro atoms. The first kappa shape index (κ1) is 14.8. The van der Waals surface area contributed by atoms with Crippen molar-refractivity contribution < 1.29 is 5.11 Å². The standard InChI is InChI=1S/C17H32N2O/c1-15(2)13-6-7-16(15,3)17(10-13,14(11-18)12-20)19-8-4-5-9-19/h13-14,20H,4-12,18H2,1-3H3/t13-,14+,16+,17-/m1/s1. The molecule has 4 atom stereocenters. The van der Waals surface area contributed by atoms with Gasteiger partial charge in [-0.25, -0.2) is 0 Å². The lowest BCUT2D eigenvalue weighted by atomic mass is 9.58. The van der Waals surface area contributed by atoms with Crippen molar-refractivity contribution in [2.45, 2.75) is 58.4 Å². The van der Waals surface area contributed by atoms with Gasteiger partial charge in [0.15, 0.2) is 0 Å². The second-order valence-electron chi connectivity index (χ2n) is 8.23. The van der Waals surface area contributed by atoms with Crippen molar-refractivity contribution in [3.05, 3.63) is 0 Å². The first-order chi connectivity index (χ1) is 9.44. The van der Waals surface area contributed by atoms with Gasteiger partial charge in [-0.15, -0.1) is 0 Å². The molecule has 3 heteroatoms. The molecule has 1 saturated heterocycles.